The molecule has 0 saturated heterocycles. The Kier molecular flexibility index (Phi) is 5.62. The van der Waals surface area contributed by atoms with Gasteiger partial charge in [-0.3, -0.25) is 0 Å². The fourth-order valence-electron chi connectivity index (χ4n) is 2.76. The van der Waals surface area contributed by atoms with Gasteiger partial charge in [-0.25, -0.2) is 0 Å². The van der Waals surface area contributed by atoms with Gasteiger partial charge in [0.05, 0.1) is 0 Å². The van der Waals surface area contributed by atoms with E-state index in [1.54, 1.807) is 0 Å². The van der Waals surface area contributed by atoms with Crippen molar-refractivity contribution in [1.82, 2.24) is 0 Å². The summed E-state index contributed by atoms with van der Waals surface area (Å²) < 4.78 is 0. The Labute approximate surface area is 150 Å². The molecule has 2 saturated carbocycles. The molecule has 2 aromatic rings. The number of rotatable bonds is 1. The van der Waals surface area contributed by atoms with Gasteiger partial charge in [-0.15, -0.1) is 0 Å². The van der Waals surface area contributed by atoms with Crippen LogP contribution in [0.25, 0.3) is 16.3 Å². The van der Waals surface area contributed by atoms with E-state index in [2.05, 4.69) is 68.2 Å². The van der Waals surface area contributed by atoms with Crippen molar-refractivity contribution in [2.45, 2.75) is 0 Å². The van der Waals surface area contributed by atoms with E-state index in [1.807, 2.05) is 32.1 Å². The molecule has 10 radical (unpaired) electrons. The van der Waals surface area contributed by atoms with Crippen molar-refractivity contribution < 1.29 is 17.1 Å². The van der Waals surface area contributed by atoms with Crippen LogP contribution in [0.15, 0.2) is 42.5 Å². The van der Waals surface area contributed by atoms with Crippen LogP contribution < -0.4 is 0 Å². The predicted molar refractivity (Wildman–Crippen MR) is 93.0 cm³/mol. The number of hydrogen-bond acceptors (Lipinski definition) is 0. The van der Waals surface area contributed by atoms with Crippen LogP contribution in [0.2, 0.25) is 0 Å². The molecule has 23 heavy (non-hydrogen) atoms. The molecule has 0 bridgehead atoms. The van der Waals surface area contributed by atoms with Crippen LogP contribution in [0.5, 0.6) is 0 Å². The third-order valence-corrected chi connectivity index (χ3v) is 3.96. The van der Waals surface area contributed by atoms with E-state index >= 15 is 0 Å². The molecule has 2 fully saturated rings. The number of benzene rings is 2. The maximum Gasteiger partial charge on any atom is 2.00 e. The summed E-state index contributed by atoms with van der Waals surface area (Å²) in [7, 11) is 0. The first-order valence-electron chi connectivity index (χ1n) is 7.55. The molecular weight excluding hydrogens is 320 g/mol. The molecule has 0 aliphatic heterocycles. The fourth-order valence-corrected chi connectivity index (χ4v) is 2.76. The first-order chi connectivity index (χ1) is 10.9. The van der Waals surface area contributed by atoms with E-state index in [0.717, 1.165) is 0 Å². The molecule has 0 atom stereocenters. The zero-order chi connectivity index (χ0) is 14.8. The monoisotopic (exact) mass is 336 g/mol. The van der Waals surface area contributed by atoms with Gasteiger partial charge < -0.3 is 0 Å². The van der Waals surface area contributed by atoms with Crippen LogP contribution in [-0.2, 0) is 17.1 Å². The molecule has 0 spiro atoms. The third-order valence-electron chi connectivity index (χ3n) is 3.96. The SMILES string of the molecule is [CH]1[CH][CH][CH][CH]1.[CH]1[CH][CH][C](C=C2c3cc4ccccc4cc32)[CH]1.[Fe+2]. The van der Waals surface area contributed by atoms with Crippen LogP contribution in [0, 0.1) is 63.7 Å². The quantitative estimate of drug-likeness (QED) is 0.548. The van der Waals surface area contributed by atoms with Gasteiger partial charge in [0.25, 0.3) is 0 Å². The maximum atomic E-state index is 2.29. The van der Waals surface area contributed by atoms with Crippen molar-refractivity contribution in [3.05, 3.63) is 117 Å². The average molecular weight is 336 g/mol. The van der Waals surface area contributed by atoms with Gasteiger partial charge in [-0.1, -0.05) is 30.3 Å². The molecule has 0 aromatic heterocycles. The normalized spacial score (nSPS) is 18.9. The molecule has 0 amide bonds. The minimum atomic E-state index is 0. The van der Waals surface area contributed by atoms with Crippen molar-refractivity contribution in [1.29, 1.82) is 0 Å². The van der Waals surface area contributed by atoms with Crippen LogP contribution in [0.3, 0.4) is 0 Å². The molecule has 0 nitrogen and oxygen atoms in total. The second-order valence-electron chi connectivity index (χ2n) is 5.48. The maximum absolute atomic E-state index is 2.29. The Hall–Kier alpha value is -1.04. The zero-order valence-corrected chi connectivity index (χ0v) is 13.7. The van der Waals surface area contributed by atoms with Crippen LogP contribution in [0.4, 0.5) is 0 Å². The Morgan fingerprint density at radius 3 is 1.57 bits per heavy atom. The molecule has 110 valence electrons. The molecule has 3 aliphatic rings. The number of fused-ring (bicyclic) bond motifs is 2. The Bertz CT molecular complexity index is 636. The molecule has 2 aromatic carbocycles. The van der Waals surface area contributed by atoms with Crippen molar-refractivity contribution in [3.8, 4) is 0 Å². The van der Waals surface area contributed by atoms with Crippen LogP contribution in [-0.4, -0.2) is 0 Å². The van der Waals surface area contributed by atoms with E-state index in [4.69, 9.17) is 0 Å². The fraction of sp³-hybridized carbons (Fsp3) is 0. The second-order valence-corrected chi connectivity index (χ2v) is 5.48. The van der Waals surface area contributed by atoms with Crippen molar-refractivity contribution in [2.75, 3.05) is 0 Å². The van der Waals surface area contributed by atoms with Gasteiger partial charge >= 0.3 is 17.1 Å². The van der Waals surface area contributed by atoms with Crippen LogP contribution >= 0.6 is 0 Å². The Morgan fingerprint density at radius 1 is 0.609 bits per heavy atom. The van der Waals surface area contributed by atoms with E-state index in [1.165, 1.54) is 33.4 Å². The largest absolute Gasteiger partial charge is 2.00 e. The van der Waals surface area contributed by atoms with Crippen molar-refractivity contribution >= 4 is 16.3 Å². The summed E-state index contributed by atoms with van der Waals surface area (Å²) >= 11 is 0. The molecule has 1 heteroatoms. The average Bonchev–Trinajstić information content (AvgIpc) is 3.07. The van der Waals surface area contributed by atoms with E-state index in [-0.39, 0.29) is 17.1 Å². The smallest absolute Gasteiger partial charge is 0.0683 e. The summed E-state index contributed by atoms with van der Waals surface area (Å²) in [6.45, 7) is 0. The third kappa shape index (κ3) is 3.90. The summed E-state index contributed by atoms with van der Waals surface area (Å²) in [5.74, 6) is 1.29. The van der Waals surface area contributed by atoms with E-state index in [0.29, 0.717) is 0 Å². The first kappa shape index (κ1) is 16.8. The minimum Gasteiger partial charge on any atom is -0.0683 e. The van der Waals surface area contributed by atoms with Crippen molar-refractivity contribution in [2.24, 2.45) is 0 Å². The molecule has 0 N–H and O–H groups in total. The summed E-state index contributed by atoms with van der Waals surface area (Å²) in [5, 5.41) is 2.66. The summed E-state index contributed by atoms with van der Waals surface area (Å²) in [6.07, 6.45) is 20.7. The number of allylic oxidation sites excluding steroid dienone is 1. The first-order valence-corrected chi connectivity index (χ1v) is 7.55. The van der Waals surface area contributed by atoms with Gasteiger partial charge in [0.1, 0.15) is 0 Å². The topological polar surface area (TPSA) is 0 Å². The van der Waals surface area contributed by atoms with Gasteiger partial charge in [0, 0.05) is 5.92 Å². The number of hydrogen-bond donors (Lipinski definition) is 0. The summed E-state index contributed by atoms with van der Waals surface area (Å²) in [5.41, 5.74) is 4.21. The molecule has 3 aliphatic carbocycles. The molecular formula is C22H16Fe+2. The van der Waals surface area contributed by atoms with Gasteiger partial charge in [0.2, 0.25) is 0 Å². The predicted octanol–water partition coefficient (Wildman–Crippen LogP) is 5.01. The Balaban J connectivity index is 0.000000226. The van der Waals surface area contributed by atoms with Crippen molar-refractivity contribution in [3.63, 3.8) is 0 Å². The Morgan fingerprint density at radius 2 is 1.09 bits per heavy atom. The van der Waals surface area contributed by atoms with Gasteiger partial charge in [-0.05, 0) is 97.4 Å². The zero-order valence-electron chi connectivity index (χ0n) is 12.6. The summed E-state index contributed by atoms with van der Waals surface area (Å²) in [4.78, 5) is 0. The van der Waals surface area contributed by atoms with E-state index < -0.39 is 0 Å². The molecule has 0 heterocycles. The summed E-state index contributed by atoms with van der Waals surface area (Å²) in [6, 6.07) is 13.1. The minimum absolute atomic E-state index is 0. The standard InChI is InChI=1S/C17H11.C5H5.Fe/c1-2-6-12(5-1)9-15-16-10-13-7-3-4-8-14(13)11-17(15)16;1-2-4-5-3-1;/h1-11H;1-5H;/q;;+2. The van der Waals surface area contributed by atoms with Gasteiger partial charge in [0.15, 0.2) is 0 Å². The second kappa shape index (κ2) is 7.69. The van der Waals surface area contributed by atoms with Crippen LogP contribution in [0.1, 0.15) is 11.1 Å². The van der Waals surface area contributed by atoms with E-state index in [9.17, 15) is 0 Å². The molecule has 5 rings (SSSR count). The molecule has 0 unspecified atom stereocenters. The van der Waals surface area contributed by atoms with Gasteiger partial charge in [-0.2, -0.15) is 0 Å².